The Hall–Kier alpha value is -1.00. The van der Waals surface area contributed by atoms with Crippen molar-refractivity contribution in [2.75, 3.05) is 13.7 Å². The molecule has 1 aliphatic carbocycles. The second kappa shape index (κ2) is 6.64. The van der Waals surface area contributed by atoms with Crippen molar-refractivity contribution in [1.82, 2.24) is 5.32 Å². The quantitative estimate of drug-likeness (QED) is 0.863. The first-order valence-corrected chi connectivity index (χ1v) is 7.34. The minimum absolute atomic E-state index is 0.130. The molecule has 4 heteroatoms. The Morgan fingerprint density at radius 2 is 1.95 bits per heavy atom. The normalized spacial score (nSPS) is 19.2. The maximum absolute atomic E-state index is 13.3. The third kappa shape index (κ3) is 3.18. The van der Waals surface area contributed by atoms with Crippen LogP contribution in [0.1, 0.15) is 38.2 Å². The fourth-order valence-electron chi connectivity index (χ4n) is 3.26. The molecule has 0 radical (unpaired) electrons. The number of hydrogen-bond acceptors (Lipinski definition) is 2. The first kappa shape index (κ1) is 15.4. The van der Waals surface area contributed by atoms with E-state index in [1.807, 2.05) is 0 Å². The molecule has 20 heavy (non-hydrogen) atoms. The fourth-order valence-corrected chi connectivity index (χ4v) is 3.26. The van der Waals surface area contributed by atoms with Crippen molar-refractivity contribution in [3.63, 3.8) is 0 Å². The van der Waals surface area contributed by atoms with Gasteiger partial charge in [0, 0.05) is 13.2 Å². The molecule has 1 aliphatic rings. The lowest BCUT2D eigenvalue weighted by atomic mass is 9.87. The Balaban J connectivity index is 2.18. The van der Waals surface area contributed by atoms with Crippen LogP contribution in [0.2, 0.25) is 0 Å². The van der Waals surface area contributed by atoms with Crippen LogP contribution in [0, 0.1) is 11.6 Å². The summed E-state index contributed by atoms with van der Waals surface area (Å²) in [7, 11) is 1.75. The van der Waals surface area contributed by atoms with Crippen LogP contribution in [-0.4, -0.2) is 25.3 Å². The number of benzene rings is 1. The molecule has 112 valence electrons. The van der Waals surface area contributed by atoms with Crippen molar-refractivity contribution >= 4 is 0 Å². The Bertz CT molecular complexity index is 444. The summed E-state index contributed by atoms with van der Waals surface area (Å²) in [5, 5.41) is 3.46. The highest BCUT2D eigenvalue weighted by atomic mass is 19.2. The molecule has 0 amide bonds. The number of halogens is 2. The summed E-state index contributed by atoms with van der Waals surface area (Å²) in [5.74, 6) is -1.58. The lowest BCUT2D eigenvalue weighted by molar-refractivity contribution is -0.0351. The van der Waals surface area contributed by atoms with E-state index in [9.17, 15) is 8.78 Å². The highest BCUT2D eigenvalue weighted by Gasteiger charge is 2.41. The minimum Gasteiger partial charge on any atom is -0.377 e. The summed E-state index contributed by atoms with van der Waals surface area (Å²) in [6, 6.07) is 4.27. The molecule has 0 aliphatic heterocycles. The van der Waals surface area contributed by atoms with Gasteiger partial charge in [-0.1, -0.05) is 25.8 Å². The predicted octanol–water partition coefficient (Wildman–Crippen LogP) is 3.44. The van der Waals surface area contributed by atoms with Crippen molar-refractivity contribution in [2.45, 2.75) is 50.7 Å². The zero-order chi connectivity index (χ0) is 14.6. The van der Waals surface area contributed by atoms with Gasteiger partial charge in [-0.2, -0.15) is 0 Å². The van der Waals surface area contributed by atoms with E-state index in [1.165, 1.54) is 12.1 Å². The van der Waals surface area contributed by atoms with Crippen LogP contribution in [-0.2, 0) is 11.2 Å². The average Bonchev–Trinajstić information content (AvgIpc) is 2.92. The largest absolute Gasteiger partial charge is 0.377 e. The highest BCUT2D eigenvalue weighted by molar-refractivity contribution is 5.20. The standard InChI is InChI=1S/C16H23F2NO/c1-3-19-15(16(20-2)8-4-5-9-16)11-12-6-7-13(17)14(18)10-12/h6-7,10,15,19H,3-5,8-9,11H2,1-2H3. The van der Waals surface area contributed by atoms with E-state index in [4.69, 9.17) is 4.74 Å². The monoisotopic (exact) mass is 283 g/mol. The lowest BCUT2D eigenvalue weighted by Crippen LogP contribution is -2.51. The van der Waals surface area contributed by atoms with Gasteiger partial charge in [0.05, 0.1) is 5.60 Å². The summed E-state index contributed by atoms with van der Waals surface area (Å²) < 4.78 is 32.2. The Morgan fingerprint density at radius 3 is 2.50 bits per heavy atom. The van der Waals surface area contributed by atoms with Crippen LogP contribution in [0.5, 0.6) is 0 Å². The molecule has 1 aromatic rings. The van der Waals surface area contributed by atoms with Gasteiger partial charge in [-0.3, -0.25) is 0 Å². The van der Waals surface area contributed by atoms with Crippen LogP contribution in [0.3, 0.4) is 0 Å². The smallest absolute Gasteiger partial charge is 0.159 e. The van der Waals surface area contributed by atoms with Crippen LogP contribution in [0.15, 0.2) is 18.2 Å². The molecule has 1 unspecified atom stereocenters. The molecule has 1 N–H and O–H groups in total. The van der Waals surface area contributed by atoms with Gasteiger partial charge in [0.25, 0.3) is 0 Å². The predicted molar refractivity (Wildman–Crippen MR) is 75.7 cm³/mol. The number of ether oxygens (including phenoxy) is 1. The van der Waals surface area contributed by atoms with Crippen molar-refractivity contribution in [3.8, 4) is 0 Å². The van der Waals surface area contributed by atoms with Crippen molar-refractivity contribution in [1.29, 1.82) is 0 Å². The van der Waals surface area contributed by atoms with Crippen LogP contribution >= 0.6 is 0 Å². The third-order valence-electron chi connectivity index (χ3n) is 4.37. The van der Waals surface area contributed by atoms with Gasteiger partial charge in [0.15, 0.2) is 11.6 Å². The Kier molecular flexibility index (Phi) is 5.11. The first-order chi connectivity index (χ1) is 9.61. The fraction of sp³-hybridized carbons (Fsp3) is 0.625. The van der Waals surface area contributed by atoms with E-state index in [0.29, 0.717) is 6.42 Å². The van der Waals surface area contributed by atoms with Crippen LogP contribution in [0.4, 0.5) is 8.78 Å². The van der Waals surface area contributed by atoms with Gasteiger partial charge in [-0.15, -0.1) is 0 Å². The highest BCUT2D eigenvalue weighted by Crippen LogP contribution is 2.36. The van der Waals surface area contributed by atoms with Crippen LogP contribution in [0.25, 0.3) is 0 Å². The summed E-state index contributed by atoms with van der Waals surface area (Å²) in [6.07, 6.45) is 5.01. The molecule has 0 saturated heterocycles. The Labute approximate surface area is 119 Å². The molecule has 0 bridgehead atoms. The van der Waals surface area contributed by atoms with E-state index in [-0.39, 0.29) is 11.6 Å². The third-order valence-corrected chi connectivity index (χ3v) is 4.37. The molecule has 1 atom stereocenters. The van der Waals surface area contributed by atoms with E-state index in [0.717, 1.165) is 37.8 Å². The summed E-state index contributed by atoms with van der Waals surface area (Å²) >= 11 is 0. The van der Waals surface area contributed by atoms with Gasteiger partial charge in [-0.05, 0) is 43.5 Å². The molecular weight excluding hydrogens is 260 g/mol. The molecule has 0 spiro atoms. The number of hydrogen-bond donors (Lipinski definition) is 1. The molecule has 0 aromatic heterocycles. The molecule has 1 saturated carbocycles. The zero-order valence-electron chi connectivity index (χ0n) is 12.2. The SMILES string of the molecule is CCNC(Cc1ccc(F)c(F)c1)C1(OC)CCCC1. The number of nitrogens with one attached hydrogen (secondary N) is 1. The van der Waals surface area contributed by atoms with Gasteiger partial charge in [-0.25, -0.2) is 8.78 Å². The molecule has 1 fully saturated rings. The molecule has 1 aromatic carbocycles. The van der Waals surface area contributed by atoms with Crippen molar-refractivity contribution in [3.05, 3.63) is 35.4 Å². The number of likely N-dealkylation sites (N-methyl/N-ethyl adjacent to an activating group) is 1. The van der Waals surface area contributed by atoms with Crippen molar-refractivity contribution < 1.29 is 13.5 Å². The maximum Gasteiger partial charge on any atom is 0.159 e. The number of methoxy groups -OCH3 is 1. The maximum atomic E-state index is 13.3. The molecule has 0 heterocycles. The second-order valence-electron chi connectivity index (χ2n) is 5.54. The van der Waals surface area contributed by atoms with Crippen molar-refractivity contribution in [2.24, 2.45) is 0 Å². The molecule has 2 rings (SSSR count). The van der Waals surface area contributed by atoms with E-state index < -0.39 is 11.6 Å². The summed E-state index contributed by atoms with van der Waals surface area (Å²) in [4.78, 5) is 0. The molecular formula is C16H23F2NO. The van der Waals surface area contributed by atoms with E-state index in [1.54, 1.807) is 13.2 Å². The topological polar surface area (TPSA) is 21.3 Å². The summed E-state index contributed by atoms with van der Waals surface area (Å²) in [5.41, 5.74) is 0.624. The van der Waals surface area contributed by atoms with Gasteiger partial charge in [0.2, 0.25) is 0 Å². The van der Waals surface area contributed by atoms with E-state index in [2.05, 4.69) is 12.2 Å². The minimum atomic E-state index is -0.795. The average molecular weight is 283 g/mol. The van der Waals surface area contributed by atoms with Gasteiger partial charge >= 0.3 is 0 Å². The van der Waals surface area contributed by atoms with Crippen LogP contribution < -0.4 is 5.32 Å². The zero-order valence-corrected chi connectivity index (χ0v) is 12.2. The number of rotatable bonds is 6. The second-order valence-corrected chi connectivity index (χ2v) is 5.54. The van der Waals surface area contributed by atoms with Gasteiger partial charge in [0.1, 0.15) is 0 Å². The van der Waals surface area contributed by atoms with E-state index >= 15 is 0 Å². The first-order valence-electron chi connectivity index (χ1n) is 7.34. The summed E-state index contributed by atoms with van der Waals surface area (Å²) in [6.45, 7) is 2.88. The van der Waals surface area contributed by atoms with Gasteiger partial charge < -0.3 is 10.1 Å². The Morgan fingerprint density at radius 1 is 1.25 bits per heavy atom. The lowest BCUT2D eigenvalue weighted by Gasteiger charge is -2.37. The molecule has 2 nitrogen and oxygen atoms in total.